The third kappa shape index (κ3) is 5.01. The summed E-state index contributed by atoms with van der Waals surface area (Å²) in [6.07, 6.45) is -0.825. The quantitative estimate of drug-likeness (QED) is 0.444. The monoisotopic (exact) mass is 476 g/mol. The van der Waals surface area contributed by atoms with Crippen LogP contribution in [-0.2, 0) is 9.53 Å². The van der Waals surface area contributed by atoms with Gasteiger partial charge in [-0.25, -0.2) is 14.0 Å². The molecule has 0 radical (unpaired) electrons. The Hall–Kier alpha value is -4.20. The fourth-order valence-electron chi connectivity index (χ4n) is 4.24. The van der Waals surface area contributed by atoms with E-state index in [1.165, 1.54) is 12.1 Å². The van der Waals surface area contributed by atoms with Crippen molar-refractivity contribution in [3.63, 3.8) is 0 Å². The second-order valence-electron chi connectivity index (χ2n) is 8.68. The number of hydrogen-bond donors (Lipinski definition) is 3. The molecule has 3 N–H and O–H groups in total. The molecule has 0 saturated heterocycles. The van der Waals surface area contributed by atoms with E-state index in [4.69, 9.17) is 4.74 Å². The largest absolute Gasteiger partial charge is 0.480 e. The van der Waals surface area contributed by atoms with Gasteiger partial charge in [-0.2, -0.15) is 0 Å². The average Bonchev–Trinajstić information content (AvgIpc) is 3.15. The maximum absolute atomic E-state index is 14.6. The van der Waals surface area contributed by atoms with Gasteiger partial charge < -0.3 is 15.2 Å². The van der Waals surface area contributed by atoms with E-state index in [2.05, 4.69) is 10.6 Å². The molecule has 180 valence electrons. The maximum atomic E-state index is 14.6. The van der Waals surface area contributed by atoms with Crippen LogP contribution in [0.25, 0.3) is 11.1 Å². The molecule has 8 heteroatoms. The molecule has 3 aromatic rings. The Kier molecular flexibility index (Phi) is 6.82. The average molecular weight is 477 g/mol. The number of ether oxygens (including phenoxy) is 1. The van der Waals surface area contributed by atoms with E-state index < -0.39 is 29.8 Å². The molecule has 0 bridgehead atoms. The Balaban J connectivity index is 1.40. The minimum atomic E-state index is -1.18. The Labute approximate surface area is 201 Å². The lowest BCUT2D eigenvalue weighted by Crippen LogP contribution is -2.44. The number of carbonyl (C=O) groups excluding carboxylic acids is 2. The smallest absolute Gasteiger partial charge is 0.411 e. The topological polar surface area (TPSA) is 105 Å². The van der Waals surface area contributed by atoms with Crippen LogP contribution in [0.3, 0.4) is 0 Å². The van der Waals surface area contributed by atoms with Crippen molar-refractivity contribution in [2.75, 3.05) is 11.9 Å². The fourth-order valence-corrected chi connectivity index (χ4v) is 4.24. The minimum absolute atomic E-state index is 0.0625. The summed E-state index contributed by atoms with van der Waals surface area (Å²) in [6.45, 7) is 3.38. The van der Waals surface area contributed by atoms with E-state index in [9.17, 15) is 23.9 Å². The molecule has 0 aromatic heterocycles. The van der Waals surface area contributed by atoms with Crippen LogP contribution in [0.5, 0.6) is 0 Å². The van der Waals surface area contributed by atoms with Crippen LogP contribution in [0.15, 0.2) is 66.7 Å². The third-order valence-electron chi connectivity index (χ3n) is 6.03. The first-order valence-electron chi connectivity index (χ1n) is 11.2. The minimum Gasteiger partial charge on any atom is -0.480 e. The van der Waals surface area contributed by atoms with Crippen molar-refractivity contribution < 1.29 is 28.6 Å². The van der Waals surface area contributed by atoms with Gasteiger partial charge in [0, 0.05) is 11.5 Å². The normalized spacial score (nSPS) is 13.0. The number of rotatable bonds is 7. The molecule has 7 nitrogen and oxygen atoms in total. The summed E-state index contributed by atoms with van der Waals surface area (Å²) in [4.78, 5) is 36.1. The Bertz CT molecular complexity index is 1240. The van der Waals surface area contributed by atoms with Crippen molar-refractivity contribution >= 4 is 23.7 Å². The van der Waals surface area contributed by atoms with Crippen LogP contribution in [0, 0.1) is 11.7 Å². The number of anilines is 1. The zero-order valence-corrected chi connectivity index (χ0v) is 19.2. The highest BCUT2D eigenvalue weighted by molar-refractivity contribution is 5.97. The Morgan fingerprint density at radius 2 is 1.57 bits per heavy atom. The van der Waals surface area contributed by atoms with Gasteiger partial charge >= 0.3 is 12.1 Å². The fraction of sp³-hybridized carbons (Fsp3) is 0.222. The molecule has 0 heterocycles. The molecule has 0 fully saturated rings. The van der Waals surface area contributed by atoms with Crippen LogP contribution in [0.2, 0.25) is 0 Å². The number of hydrogen-bond acceptors (Lipinski definition) is 4. The van der Waals surface area contributed by atoms with Crippen molar-refractivity contribution in [1.29, 1.82) is 0 Å². The van der Waals surface area contributed by atoms with Gasteiger partial charge in [0.15, 0.2) is 0 Å². The van der Waals surface area contributed by atoms with Gasteiger partial charge in [0.05, 0.1) is 5.69 Å². The summed E-state index contributed by atoms with van der Waals surface area (Å²) in [7, 11) is 0. The van der Waals surface area contributed by atoms with Crippen LogP contribution in [-0.4, -0.2) is 35.7 Å². The van der Waals surface area contributed by atoms with Gasteiger partial charge in [0.2, 0.25) is 0 Å². The van der Waals surface area contributed by atoms with Gasteiger partial charge in [0.25, 0.3) is 5.91 Å². The number of carbonyl (C=O) groups is 3. The van der Waals surface area contributed by atoms with Gasteiger partial charge in [-0.05, 0) is 46.4 Å². The highest BCUT2D eigenvalue weighted by Crippen LogP contribution is 2.44. The summed E-state index contributed by atoms with van der Waals surface area (Å²) in [6, 6.07) is 18.2. The summed E-state index contributed by atoms with van der Waals surface area (Å²) in [5, 5.41) is 14.0. The first-order valence-corrected chi connectivity index (χ1v) is 11.2. The van der Waals surface area contributed by atoms with E-state index in [-0.39, 0.29) is 29.7 Å². The molecular weight excluding hydrogens is 451 g/mol. The lowest BCUT2D eigenvalue weighted by Gasteiger charge is -2.18. The second-order valence-corrected chi connectivity index (χ2v) is 8.68. The number of fused-ring (bicyclic) bond motifs is 3. The number of halogens is 1. The van der Waals surface area contributed by atoms with E-state index in [0.717, 1.165) is 28.3 Å². The number of nitrogens with one attached hydrogen (secondary N) is 2. The van der Waals surface area contributed by atoms with E-state index in [0.29, 0.717) is 0 Å². The van der Waals surface area contributed by atoms with Crippen LogP contribution < -0.4 is 10.6 Å². The zero-order valence-electron chi connectivity index (χ0n) is 19.2. The molecule has 1 aliphatic carbocycles. The molecule has 35 heavy (non-hydrogen) atoms. The summed E-state index contributed by atoms with van der Waals surface area (Å²) in [5.74, 6) is -3.23. The van der Waals surface area contributed by atoms with Gasteiger partial charge in [-0.15, -0.1) is 0 Å². The molecule has 1 aliphatic rings. The molecule has 0 spiro atoms. The van der Waals surface area contributed by atoms with Crippen LogP contribution in [0.4, 0.5) is 14.9 Å². The second kappa shape index (κ2) is 9.97. The van der Waals surface area contributed by atoms with Crippen molar-refractivity contribution in [3.05, 3.63) is 89.2 Å². The maximum Gasteiger partial charge on any atom is 0.411 e. The van der Waals surface area contributed by atoms with E-state index in [1.807, 2.05) is 48.5 Å². The summed E-state index contributed by atoms with van der Waals surface area (Å²) >= 11 is 0. The van der Waals surface area contributed by atoms with Crippen LogP contribution in [0.1, 0.15) is 41.3 Å². The summed E-state index contributed by atoms with van der Waals surface area (Å²) in [5.41, 5.74) is 4.09. The first kappa shape index (κ1) is 23.9. The first-order chi connectivity index (χ1) is 16.8. The standard InChI is InChI=1S/C27H25FN2O5/c1-15(2)24(26(32)33)30-25(31)16-11-12-23(22(28)13-16)29-27(34)35-14-21-19-9-5-3-7-17(19)18-8-4-6-10-20(18)21/h3-13,15,21,24H,14H2,1-2H3,(H,29,34)(H,30,31)(H,32,33). The van der Waals surface area contributed by atoms with E-state index >= 15 is 0 Å². The van der Waals surface area contributed by atoms with Gasteiger partial charge in [-0.3, -0.25) is 10.1 Å². The third-order valence-corrected chi connectivity index (χ3v) is 6.03. The Morgan fingerprint density at radius 3 is 2.11 bits per heavy atom. The molecular formula is C27H25FN2O5. The number of carboxylic acids is 1. The van der Waals surface area contributed by atoms with E-state index in [1.54, 1.807) is 13.8 Å². The SMILES string of the molecule is CC(C)C(NC(=O)c1ccc(NC(=O)OCC2c3ccccc3-c3ccccc32)c(F)c1)C(=O)O. The highest BCUT2D eigenvalue weighted by atomic mass is 19.1. The molecule has 3 aromatic carbocycles. The number of benzene rings is 3. The molecule has 0 aliphatic heterocycles. The predicted molar refractivity (Wildman–Crippen MR) is 129 cm³/mol. The molecule has 1 unspecified atom stereocenters. The molecule has 2 amide bonds. The van der Waals surface area contributed by atoms with Crippen molar-refractivity contribution in [3.8, 4) is 11.1 Å². The molecule has 4 rings (SSSR count). The van der Waals surface area contributed by atoms with Crippen LogP contribution >= 0.6 is 0 Å². The predicted octanol–water partition coefficient (Wildman–Crippen LogP) is 5.03. The van der Waals surface area contributed by atoms with Crippen molar-refractivity contribution in [2.45, 2.75) is 25.8 Å². The highest BCUT2D eigenvalue weighted by Gasteiger charge is 2.29. The van der Waals surface area contributed by atoms with Crippen molar-refractivity contribution in [1.82, 2.24) is 5.32 Å². The van der Waals surface area contributed by atoms with Gasteiger partial charge in [0.1, 0.15) is 18.5 Å². The number of aliphatic carboxylic acids is 1. The zero-order chi connectivity index (χ0) is 25.1. The lowest BCUT2D eigenvalue weighted by atomic mass is 9.98. The lowest BCUT2D eigenvalue weighted by molar-refractivity contribution is -0.140. The van der Waals surface area contributed by atoms with Crippen molar-refractivity contribution in [2.24, 2.45) is 5.92 Å². The van der Waals surface area contributed by atoms with Gasteiger partial charge in [-0.1, -0.05) is 62.4 Å². The number of amides is 2. The number of carboxylic acid groups (broad SMARTS) is 1. The summed E-state index contributed by atoms with van der Waals surface area (Å²) < 4.78 is 20.0. The Morgan fingerprint density at radius 1 is 0.971 bits per heavy atom. The molecule has 0 saturated carbocycles. The molecule has 1 atom stereocenters.